The number of ether oxygens (including phenoxy) is 1. The molecule has 1 fully saturated rings. The van der Waals surface area contributed by atoms with Crippen molar-refractivity contribution in [3.05, 3.63) is 41.4 Å². The summed E-state index contributed by atoms with van der Waals surface area (Å²) in [5.41, 5.74) is 1.37. The van der Waals surface area contributed by atoms with Gasteiger partial charge in [-0.3, -0.25) is 9.69 Å². The van der Waals surface area contributed by atoms with Crippen LogP contribution in [0.3, 0.4) is 0 Å². The average Bonchev–Trinajstić information content (AvgIpc) is 3.19. The Morgan fingerprint density at radius 3 is 2.67 bits per heavy atom. The van der Waals surface area contributed by atoms with E-state index >= 15 is 0 Å². The van der Waals surface area contributed by atoms with Gasteiger partial charge in [0.2, 0.25) is 0 Å². The van der Waals surface area contributed by atoms with Crippen LogP contribution < -0.4 is 20.3 Å². The molecule has 10 nitrogen and oxygen atoms in total. The number of nitrogens with zero attached hydrogens (tertiary/aromatic N) is 3. The fourth-order valence-electron chi connectivity index (χ4n) is 4.54. The number of piperidine rings is 1. The van der Waals surface area contributed by atoms with Crippen molar-refractivity contribution in [3.63, 3.8) is 0 Å². The van der Waals surface area contributed by atoms with Crippen LogP contribution in [0.5, 0.6) is 5.75 Å². The van der Waals surface area contributed by atoms with Gasteiger partial charge in [0.1, 0.15) is 21.1 Å². The maximum absolute atomic E-state index is 13.3. The maximum Gasteiger partial charge on any atom is 0.407 e. The number of hydrogen-bond acceptors (Lipinski definition) is 6. The summed E-state index contributed by atoms with van der Waals surface area (Å²) in [7, 11) is 0. The molecule has 3 N–H and O–H groups in total. The number of pyridine rings is 1. The normalized spacial score (nSPS) is 17.6. The van der Waals surface area contributed by atoms with Crippen LogP contribution in [0.15, 0.2) is 36.5 Å². The van der Waals surface area contributed by atoms with Crippen LogP contribution in [-0.2, 0) is 0 Å². The van der Waals surface area contributed by atoms with E-state index in [1.54, 1.807) is 17.2 Å². The van der Waals surface area contributed by atoms with Crippen LogP contribution in [0, 0.1) is 0 Å². The molecular formula is C25H27N5O5S. The Morgan fingerprint density at radius 1 is 1.22 bits per heavy atom. The number of benzene rings is 1. The lowest BCUT2D eigenvalue weighted by Crippen LogP contribution is -2.49. The quantitative estimate of drug-likeness (QED) is 0.453. The van der Waals surface area contributed by atoms with E-state index < -0.39 is 6.09 Å². The van der Waals surface area contributed by atoms with Crippen LogP contribution in [0.1, 0.15) is 43.3 Å². The first-order chi connectivity index (χ1) is 17.1. The first-order valence-corrected chi connectivity index (χ1v) is 12.5. The first kappa shape index (κ1) is 23.9. The van der Waals surface area contributed by atoms with Crippen LogP contribution in [0.4, 0.5) is 26.7 Å². The van der Waals surface area contributed by atoms with Gasteiger partial charge in [0.15, 0.2) is 0 Å². The highest BCUT2D eigenvalue weighted by molar-refractivity contribution is 7.21. The van der Waals surface area contributed by atoms with E-state index in [-0.39, 0.29) is 30.1 Å². The molecule has 0 saturated carbocycles. The Balaban J connectivity index is 1.44. The van der Waals surface area contributed by atoms with Crippen molar-refractivity contribution < 1.29 is 24.2 Å². The number of anilines is 3. The van der Waals surface area contributed by atoms with Gasteiger partial charge in [-0.25, -0.2) is 14.6 Å². The SMILES string of the molecule is CC(C)(C)Oc1ccc(N2C(=O)Nc3c(C(=O)NC4CCCN(C(=O)O)C4)sc4nccc2c34)cc1. The van der Waals surface area contributed by atoms with Crippen molar-refractivity contribution >= 4 is 56.6 Å². The summed E-state index contributed by atoms with van der Waals surface area (Å²) < 4.78 is 5.89. The van der Waals surface area contributed by atoms with E-state index in [2.05, 4.69) is 15.6 Å². The first-order valence-electron chi connectivity index (χ1n) is 11.7. The van der Waals surface area contributed by atoms with Crippen molar-refractivity contribution in [3.8, 4) is 5.75 Å². The molecule has 0 bridgehead atoms. The summed E-state index contributed by atoms with van der Waals surface area (Å²) >= 11 is 1.20. The Morgan fingerprint density at radius 2 is 1.97 bits per heavy atom. The van der Waals surface area contributed by atoms with Gasteiger partial charge in [-0.1, -0.05) is 0 Å². The summed E-state index contributed by atoms with van der Waals surface area (Å²) in [4.78, 5) is 46.1. The lowest BCUT2D eigenvalue weighted by Gasteiger charge is -2.31. The van der Waals surface area contributed by atoms with Gasteiger partial charge in [0.25, 0.3) is 5.91 Å². The third kappa shape index (κ3) is 4.53. The van der Waals surface area contributed by atoms with E-state index in [0.717, 1.165) is 0 Å². The zero-order chi connectivity index (χ0) is 25.6. The second-order valence-electron chi connectivity index (χ2n) is 9.83. The molecule has 0 radical (unpaired) electrons. The number of likely N-dealkylation sites (tertiary alicyclic amines) is 1. The fraction of sp³-hybridized carbons (Fsp3) is 0.360. The summed E-state index contributed by atoms with van der Waals surface area (Å²) in [6, 6.07) is 8.34. The third-order valence-electron chi connectivity index (χ3n) is 6.00. The number of carbonyl (C=O) groups excluding carboxylic acids is 2. The van der Waals surface area contributed by atoms with Gasteiger partial charge in [0, 0.05) is 25.3 Å². The molecule has 4 amide bonds. The van der Waals surface area contributed by atoms with Gasteiger partial charge in [-0.2, -0.15) is 0 Å². The van der Waals surface area contributed by atoms with E-state index in [4.69, 9.17) is 4.74 Å². The number of rotatable bonds is 4. The van der Waals surface area contributed by atoms with Gasteiger partial charge < -0.3 is 25.4 Å². The number of thiophene rings is 1. The number of aromatic nitrogens is 1. The molecule has 1 atom stereocenters. The van der Waals surface area contributed by atoms with Gasteiger partial charge in [0.05, 0.1) is 22.4 Å². The summed E-state index contributed by atoms with van der Waals surface area (Å²) in [5.74, 6) is 0.344. The zero-order valence-corrected chi connectivity index (χ0v) is 21.0. The monoisotopic (exact) mass is 509 g/mol. The molecule has 2 aliphatic heterocycles. The molecule has 11 heteroatoms. The Labute approximate surface area is 211 Å². The molecule has 1 unspecified atom stereocenters. The second kappa shape index (κ2) is 8.98. The maximum atomic E-state index is 13.3. The topological polar surface area (TPSA) is 124 Å². The summed E-state index contributed by atoms with van der Waals surface area (Å²) in [5, 5.41) is 15.8. The minimum atomic E-state index is -0.995. The van der Waals surface area contributed by atoms with Gasteiger partial charge in [-0.05, 0) is 63.9 Å². The largest absolute Gasteiger partial charge is 0.488 e. The van der Waals surface area contributed by atoms with Crippen molar-refractivity contribution in [1.82, 2.24) is 15.2 Å². The molecule has 1 saturated heterocycles. The molecular weight excluding hydrogens is 482 g/mol. The summed E-state index contributed by atoms with van der Waals surface area (Å²) in [6.45, 7) is 6.59. The molecule has 36 heavy (non-hydrogen) atoms. The third-order valence-corrected chi connectivity index (χ3v) is 7.09. The number of hydrogen-bond donors (Lipinski definition) is 3. The highest BCUT2D eigenvalue weighted by atomic mass is 32.1. The number of carbonyl (C=O) groups is 3. The molecule has 3 aromatic rings. The predicted molar refractivity (Wildman–Crippen MR) is 138 cm³/mol. The van der Waals surface area contributed by atoms with E-state index in [9.17, 15) is 19.5 Å². The van der Waals surface area contributed by atoms with Crippen molar-refractivity contribution in [2.45, 2.75) is 45.3 Å². The van der Waals surface area contributed by atoms with E-state index in [1.165, 1.54) is 16.2 Å². The molecule has 2 aromatic heterocycles. The highest BCUT2D eigenvalue weighted by Crippen LogP contribution is 2.45. The number of amides is 4. The van der Waals surface area contributed by atoms with Gasteiger partial charge in [-0.15, -0.1) is 11.3 Å². The molecule has 4 heterocycles. The number of nitrogens with one attached hydrogen (secondary N) is 2. The minimum absolute atomic E-state index is 0.236. The molecule has 0 spiro atoms. The Bertz CT molecular complexity index is 1350. The van der Waals surface area contributed by atoms with Crippen LogP contribution in [0.2, 0.25) is 0 Å². The lowest BCUT2D eigenvalue weighted by atomic mass is 10.1. The molecule has 2 aliphatic rings. The smallest absolute Gasteiger partial charge is 0.407 e. The predicted octanol–water partition coefficient (Wildman–Crippen LogP) is 5.03. The standard InChI is InChI=1S/C25H27N5O5S/c1-25(2,3)35-16-8-6-15(7-9-16)30-17-10-11-26-22-18(17)19(28-23(30)32)20(36-22)21(31)27-14-5-4-12-29(13-14)24(33)34/h6-11,14H,4-5,12-13H2,1-3H3,(H,27,31)(H,28,32)(H,33,34). The average molecular weight is 510 g/mol. The van der Waals surface area contributed by atoms with Crippen molar-refractivity contribution in [2.75, 3.05) is 23.3 Å². The van der Waals surface area contributed by atoms with E-state index in [0.29, 0.717) is 57.3 Å². The fourth-order valence-corrected chi connectivity index (χ4v) is 5.56. The Hall–Kier alpha value is -3.86. The highest BCUT2D eigenvalue weighted by Gasteiger charge is 2.34. The Kier molecular flexibility index (Phi) is 5.95. The number of urea groups is 1. The summed E-state index contributed by atoms with van der Waals surface area (Å²) in [6.07, 6.45) is 1.99. The molecule has 5 rings (SSSR count). The van der Waals surface area contributed by atoms with Crippen LogP contribution in [0.25, 0.3) is 10.2 Å². The van der Waals surface area contributed by atoms with Crippen molar-refractivity contribution in [1.29, 1.82) is 0 Å². The van der Waals surface area contributed by atoms with Gasteiger partial charge >= 0.3 is 12.1 Å². The minimum Gasteiger partial charge on any atom is -0.488 e. The molecule has 188 valence electrons. The zero-order valence-electron chi connectivity index (χ0n) is 20.2. The number of carboxylic acid groups (broad SMARTS) is 1. The molecule has 1 aromatic carbocycles. The second-order valence-corrected chi connectivity index (χ2v) is 10.8. The molecule has 0 aliphatic carbocycles. The van der Waals surface area contributed by atoms with E-state index in [1.807, 2.05) is 45.0 Å². The van der Waals surface area contributed by atoms with Crippen LogP contribution >= 0.6 is 11.3 Å². The van der Waals surface area contributed by atoms with Crippen LogP contribution in [-0.4, -0.2) is 57.8 Å². The van der Waals surface area contributed by atoms with Crippen molar-refractivity contribution in [2.24, 2.45) is 0 Å². The lowest BCUT2D eigenvalue weighted by molar-refractivity contribution is 0.0893.